The maximum absolute atomic E-state index is 11.5. The molecule has 24 heavy (non-hydrogen) atoms. The number of anilines is 1. The number of fused-ring (bicyclic) bond motifs is 1. The van der Waals surface area contributed by atoms with E-state index in [1.54, 1.807) is 25.6 Å². The Labute approximate surface area is 141 Å². The summed E-state index contributed by atoms with van der Waals surface area (Å²) in [5.41, 5.74) is 1.67. The number of nitrogens with one attached hydrogen (secondary N) is 1. The van der Waals surface area contributed by atoms with Gasteiger partial charge in [0.05, 0.1) is 34.5 Å². The van der Waals surface area contributed by atoms with Gasteiger partial charge in [-0.15, -0.1) is 11.3 Å². The molecule has 0 aliphatic carbocycles. The van der Waals surface area contributed by atoms with Crippen molar-refractivity contribution in [2.45, 2.75) is 13.5 Å². The molecule has 0 saturated heterocycles. The van der Waals surface area contributed by atoms with Crippen LogP contribution in [0.5, 0.6) is 0 Å². The van der Waals surface area contributed by atoms with Gasteiger partial charge in [0.2, 0.25) is 0 Å². The fourth-order valence-electron chi connectivity index (χ4n) is 2.47. The minimum absolute atomic E-state index is 0.0718. The summed E-state index contributed by atoms with van der Waals surface area (Å²) in [4.78, 5) is 22.1. The summed E-state index contributed by atoms with van der Waals surface area (Å²) in [6.45, 7) is 2.11. The van der Waals surface area contributed by atoms with E-state index in [0.29, 0.717) is 12.4 Å². The van der Waals surface area contributed by atoms with Gasteiger partial charge in [-0.2, -0.15) is 0 Å². The van der Waals surface area contributed by atoms with E-state index < -0.39 is 0 Å². The summed E-state index contributed by atoms with van der Waals surface area (Å²) in [6.07, 6.45) is 7.03. The zero-order valence-electron chi connectivity index (χ0n) is 12.9. The second kappa shape index (κ2) is 5.93. The molecule has 0 bridgehead atoms. The van der Waals surface area contributed by atoms with Crippen LogP contribution in [0, 0.1) is 0 Å². The number of thiophene rings is 1. The van der Waals surface area contributed by atoms with E-state index in [-0.39, 0.29) is 5.78 Å². The average molecular weight is 338 g/mol. The molecule has 4 rings (SSSR count). The number of rotatable bonds is 5. The number of Topliss-reactive ketones (excluding diaryl/α,β-unsaturated/α-hetero) is 1. The highest BCUT2D eigenvalue weighted by Gasteiger charge is 2.13. The maximum Gasteiger partial charge on any atom is 0.180 e. The van der Waals surface area contributed by atoms with Gasteiger partial charge in [0.1, 0.15) is 5.76 Å². The second-order valence-electron chi connectivity index (χ2n) is 5.27. The molecule has 0 atom stereocenters. The lowest BCUT2D eigenvalue weighted by Crippen LogP contribution is -2.03. The Kier molecular flexibility index (Phi) is 3.62. The lowest BCUT2D eigenvalue weighted by atomic mass is 10.3. The molecule has 0 aromatic carbocycles. The SMILES string of the molecule is CC(=O)c1ccc(-c2cnc3c(NCc4ccco4)nccn23)s1. The molecule has 0 amide bonds. The standard InChI is InChI=1S/C17H14N4O2S/c1-11(22)14-4-5-15(24-14)13-10-20-17-16(18-6-7-21(13)17)19-9-12-3-2-8-23-12/h2-8,10H,9H2,1H3,(H,18,19). The molecule has 4 heterocycles. The van der Waals surface area contributed by atoms with Crippen LogP contribution in [0.25, 0.3) is 16.2 Å². The summed E-state index contributed by atoms with van der Waals surface area (Å²) < 4.78 is 7.28. The van der Waals surface area contributed by atoms with Gasteiger partial charge in [-0.05, 0) is 31.2 Å². The normalized spacial score (nSPS) is 11.0. The van der Waals surface area contributed by atoms with E-state index in [9.17, 15) is 4.79 Å². The minimum Gasteiger partial charge on any atom is -0.467 e. The van der Waals surface area contributed by atoms with Gasteiger partial charge in [-0.1, -0.05) is 0 Å². The third-order valence-electron chi connectivity index (χ3n) is 3.64. The highest BCUT2D eigenvalue weighted by atomic mass is 32.1. The smallest absolute Gasteiger partial charge is 0.180 e. The van der Waals surface area contributed by atoms with Crippen molar-refractivity contribution in [3.63, 3.8) is 0 Å². The van der Waals surface area contributed by atoms with Crippen LogP contribution in [0.4, 0.5) is 5.82 Å². The van der Waals surface area contributed by atoms with Crippen LogP contribution >= 0.6 is 11.3 Å². The fraction of sp³-hybridized carbons (Fsp3) is 0.118. The molecule has 6 nitrogen and oxygen atoms in total. The Balaban J connectivity index is 1.68. The topological polar surface area (TPSA) is 72.4 Å². The first kappa shape index (κ1) is 14.6. The van der Waals surface area contributed by atoms with E-state index in [4.69, 9.17) is 4.42 Å². The van der Waals surface area contributed by atoms with Crippen LogP contribution < -0.4 is 5.32 Å². The Morgan fingerprint density at radius 3 is 3.00 bits per heavy atom. The number of carbonyl (C=O) groups is 1. The highest BCUT2D eigenvalue weighted by molar-refractivity contribution is 7.17. The van der Waals surface area contributed by atoms with Crippen molar-refractivity contribution in [2.75, 3.05) is 5.32 Å². The van der Waals surface area contributed by atoms with E-state index >= 15 is 0 Å². The van der Waals surface area contributed by atoms with Gasteiger partial charge in [-0.3, -0.25) is 9.20 Å². The number of furan rings is 1. The Morgan fingerprint density at radius 2 is 2.25 bits per heavy atom. The maximum atomic E-state index is 11.5. The molecule has 0 spiro atoms. The van der Waals surface area contributed by atoms with Gasteiger partial charge in [0.25, 0.3) is 0 Å². The summed E-state index contributed by atoms with van der Waals surface area (Å²) in [5.74, 6) is 1.58. The van der Waals surface area contributed by atoms with Crippen LogP contribution in [-0.2, 0) is 6.54 Å². The van der Waals surface area contributed by atoms with Crippen molar-refractivity contribution in [1.82, 2.24) is 14.4 Å². The third kappa shape index (κ3) is 2.59. The molecule has 0 aliphatic rings. The predicted octanol–water partition coefficient (Wildman–Crippen LogP) is 3.87. The quantitative estimate of drug-likeness (QED) is 0.559. The number of hydrogen-bond donors (Lipinski definition) is 1. The summed E-state index contributed by atoms with van der Waals surface area (Å²) in [5, 5.41) is 3.24. The van der Waals surface area contributed by atoms with Crippen molar-refractivity contribution in [3.05, 3.63) is 59.8 Å². The average Bonchev–Trinajstić information content (AvgIpc) is 3.31. The first-order valence-corrected chi connectivity index (χ1v) is 8.23. The fourth-order valence-corrected chi connectivity index (χ4v) is 3.38. The monoisotopic (exact) mass is 338 g/mol. The molecule has 120 valence electrons. The Hall–Kier alpha value is -2.93. The molecule has 4 aromatic rings. The Bertz CT molecular complexity index is 1000. The van der Waals surface area contributed by atoms with Crippen LogP contribution in [0.1, 0.15) is 22.4 Å². The first-order valence-electron chi connectivity index (χ1n) is 7.42. The highest BCUT2D eigenvalue weighted by Crippen LogP contribution is 2.30. The van der Waals surface area contributed by atoms with E-state index in [1.807, 2.05) is 34.9 Å². The molecule has 7 heteroatoms. The summed E-state index contributed by atoms with van der Waals surface area (Å²) >= 11 is 1.46. The van der Waals surface area contributed by atoms with Gasteiger partial charge >= 0.3 is 0 Å². The number of carbonyl (C=O) groups excluding carboxylic acids is 1. The number of nitrogens with zero attached hydrogens (tertiary/aromatic N) is 3. The number of ketones is 1. The molecule has 0 unspecified atom stereocenters. The first-order chi connectivity index (χ1) is 11.7. The third-order valence-corrected chi connectivity index (χ3v) is 4.85. The van der Waals surface area contributed by atoms with Gasteiger partial charge in [0, 0.05) is 12.4 Å². The van der Waals surface area contributed by atoms with E-state index in [0.717, 1.165) is 26.9 Å². The second-order valence-corrected chi connectivity index (χ2v) is 6.35. The molecule has 0 radical (unpaired) electrons. The van der Waals surface area contributed by atoms with E-state index in [1.165, 1.54) is 11.3 Å². The lowest BCUT2D eigenvalue weighted by Gasteiger charge is -2.05. The van der Waals surface area contributed by atoms with Crippen molar-refractivity contribution < 1.29 is 9.21 Å². The summed E-state index contributed by atoms with van der Waals surface area (Å²) in [6, 6.07) is 7.54. The number of hydrogen-bond acceptors (Lipinski definition) is 6. The van der Waals surface area contributed by atoms with E-state index in [2.05, 4.69) is 15.3 Å². The van der Waals surface area contributed by atoms with Crippen LogP contribution in [-0.4, -0.2) is 20.2 Å². The van der Waals surface area contributed by atoms with Crippen molar-refractivity contribution in [2.24, 2.45) is 0 Å². The zero-order chi connectivity index (χ0) is 16.5. The zero-order valence-corrected chi connectivity index (χ0v) is 13.7. The van der Waals surface area contributed by atoms with Crippen LogP contribution in [0.2, 0.25) is 0 Å². The van der Waals surface area contributed by atoms with Gasteiger partial charge in [0.15, 0.2) is 17.2 Å². The van der Waals surface area contributed by atoms with Crippen molar-refractivity contribution in [3.8, 4) is 10.6 Å². The predicted molar refractivity (Wildman–Crippen MR) is 92.3 cm³/mol. The van der Waals surface area contributed by atoms with Gasteiger partial charge < -0.3 is 9.73 Å². The minimum atomic E-state index is 0.0718. The van der Waals surface area contributed by atoms with Crippen molar-refractivity contribution in [1.29, 1.82) is 0 Å². The Morgan fingerprint density at radius 1 is 1.33 bits per heavy atom. The molecule has 1 N–H and O–H groups in total. The largest absolute Gasteiger partial charge is 0.467 e. The molecule has 0 aliphatic heterocycles. The molecular formula is C17H14N4O2S. The molecule has 0 fully saturated rings. The molecule has 0 saturated carbocycles. The lowest BCUT2D eigenvalue weighted by molar-refractivity contribution is 0.102. The number of aromatic nitrogens is 3. The summed E-state index contributed by atoms with van der Waals surface area (Å²) in [7, 11) is 0. The number of imidazole rings is 1. The molecular weight excluding hydrogens is 324 g/mol. The van der Waals surface area contributed by atoms with Crippen LogP contribution in [0.3, 0.4) is 0 Å². The molecule has 4 aromatic heterocycles. The van der Waals surface area contributed by atoms with Gasteiger partial charge in [-0.25, -0.2) is 9.97 Å². The van der Waals surface area contributed by atoms with Crippen molar-refractivity contribution >= 4 is 28.6 Å². The van der Waals surface area contributed by atoms with Crippen LogP contribution in [0.15, 0.2) is 53.5 Å².